The van der Waals surface area contributed by atoms with Gasteiger partial charge in [0.15, 0.2) is 5.76 Å². The Labute approximate surface area is 63.0 Å². The van der Waals surface area contributed by atoms with Crippen LogP contribution >= 0.6 is 0 Å². The number of carboxylic acid groups (broad SMARTS) is 1. The summed E-state index contributed by atoms with van der Waals surface area (Å²) >= 11 is 0. The first-order valence-corrected chi connectivity index (χ1v) is 3.07. The van der Waals surface area contributed by atoms with E-state index in [4.69, 9.17) is 9.63 Å². The van der Waals surface area contributed by atoms with Gasteiger partial charge in [0.05, 0.1) is 12.2 Å². The average Bonchev–Trinajstić information content (AvgIpc) is 2.31. The van der Waals surface area contributed by atoms with Crippen LogP contribution in [0.5, 0.6) is 0 Å². The van der Waals surface area contributed by atoms with Crippen molar-refractivity contribution >= 4 is 6.09 Å². The second-order valence-corrected chi connectivity index (χ2v) is 2.09. The lowest BCUT2D eigenvalue weighted by atomic mass is 10.4. The third kappa shape index (κ3) is 2.29. The van der Waals surface area contributed by atoms with Gasteiger partial charge in [-0.3, -0.25) is 0 Å². The molecule has 0 aliphatic carbocycles. The van der Waals surface area contributed by atoms with Crippen molar-refractivity contribution in [1.29, 1.82) is 0 Å². The summed E-state index contributed by atoms with van der Waals surface area (Å²) < 4.78 is 4.74. The van der Waals surface area contributed by atoms with Gasteiger partial charge in [-0.25, -0.2) is 4.79 Å². The Kier molecular flexibility index (Phi) is 2.10. The third-order valence-corrected chi connectivity index (χ3v) is 1.09. The fourth-order valence-electron chi connectivity index (χ4n) is 0.662. The van der Waals surface area contributed by atoms with E-state index in [1.165, 1.54) is 0 Å². The molecule has 0 radical (unpaired) electrons. The predicted molar refractivity (Wildman–Crippen MR) is 36.1 cm³/mol. The summed E-state index contributed by atoms with van der Waals surface area (Å²) in [6.07, 6.45) is -1.07. The second-order valence-electron chi connectivity index (χ2n) is 2.09. The molecule has 60 valence electrons. The summed E-state index contributed by atoms with van der Waals surface area (Å²) in [5.41, 5.74) is 0.743. The Morgan fingerprint density at radius 3 is 3.09 bits per heavy atom. The summed E-state index contributed by atoms with van der Waals surface area (Å²) in [5.74, 6) is 0.518. The van der Waals surface area contributed by atoms with Crippen LogP contribution in [-0.2, 0) is 6.54 Å². The fraction of sp³-hybridized carbons (Fsp3) is 0.333. The maximum Gasteiger partial charge on any atom is 0.405 e. The van der Waals surface area contributed by atoms with Crippen molar-refractivity contribution in [3.63, 3.8) is 0 Å². The van der Waals surface area contributed by atoms with Crippen LogP contribution < -0.4 is 5.32 Å². The highest BCUT2D eigenvalue weighted by Crippen LogP contribution is 2.00. The highest BCUT2D eigenvalue weighted by Gasteiger charge is 2.01. The van der Waals surface area contributed by atoms with Crippen LogP contribution in [-0.4, -0.2) is 16.4 Å². The van der Waals surface area contributed by atoms with Gasteiger partial charge in [-0.15, -0.1) is 0 Å². The lowest BCUT2D eigenvalue weighted by Gasteiger charge is -1.92. The van der Waals surface area contributed by atoms with Crippen LogP contribution in [0.15, 0.2) is 10.6 Å². The van der Waals surface area contributed by atoms with Gasteiger partial charge in [0, 0.05) is 6.07 Å². The van der Waals surface area contributed by atoms with E-state index in [9.17, 15) is 4.79 Å². The number of amides is 1. The number of hydrogen-bond donors (Lipinski definition) is 2. The molecule has 0 bridgehead atoms. The number of carbonyl (C=O) groups is 1. The molecular formula is C6H8N2O3. The van der Waals surface area contributed by atoms with Crippen molar-refractivity contribution in [1.82, 2.24) is 10.5 Å². The van der Waals surface area contributed by atoms with Gasteiger partial charge in [0.25, 0.3) is 0 Å². The van der Waals surface area contributed by atoms with Crippen molar-refractivity contribution in [2.45, 2.75) is 13.5 Å². The molecule has 1 aromatic heterocycles. The zero-order valence-corrected chi connectivity index (χ0v) is 6.00. The quantitative estimate of drug-likeness (QED) is 0.662. The van der Waals surface area contributed by atoms with E-state index in [-0.39, 0.29) is 6.54 Å². The molecule has 0 atom stereocenters. The summed E-state index contributed by atoms with van der Waals surface area (Å²) in [6, 6.07) is 1.68. The normalized spacial score (nSPS) is 9.55. The van der Waals surface area contributed by atoms with Gasteiger partial charge in [0.2, 0.25) is 0 Å². The first-order valence-electron chi connectivity index (χ1n) is 3.07. The molecule has 5 heteroatoms. The summed E-state index contributed by atoms with van der Waals surface area (Å²) in [7, 11) is 0. The minimum absolute atomic E-state index is 0.163. The zero-order chi connectivity index (χ0) is 8.27. The second kappa shape index (κ2) is 3.05. The van der Waals surface area contributed by atoms with E-state index < -0.39 is 6.09 Å². The molecule has 0 spiro atoms. The smallest absolute Gasteiger partial charge is 0.405 e. The summed E-state index contributed by atoms with van der Waals surface area (Å²) in [5, 5.41) is 14.0. The largest absolute Gasteiger partial charge is 0.465 e. The molecule has 11 heavy (non-hydrogen) atoms. The van der Waals surface area contributed by atoms with E-state index in [1.54, 1.807) is 13.0 Å². The van der Waals surface area contributed by atoms with Gasteiger partial charge < -0.3 is 14.9 Å². The molecule has 0 unspecified atom stereocenters. The number of aromatic nitrogens is 1. The van der Waals surface area contributed by atoms with E-state index in [0.29, 0.717) is 5.76 Å². The molecule has 0 fully saturated rings. The van der Waals surface area contributed by atoms with Crippen LogP contribution in [0, 0.1) is 6.92 Å². The first-order chi connectivity index (χ1) is 5.18. The number of nitrogens with zero attached hydrogens (tertiary/aromatic N) is 1. The molecule has 0 aromatic carbocycles. The molecule has 0 aliphatic heterocycles. The van der Waals surface area contributed by atoms with Gasteiger partial charge in [-0.2, -0.15) is 0 Å². The van der Waals surface area contributed by atoms with Crippen LogP contribution in [0.4, 0.5) is 4.79 Å². The molecule has 1 heterocycles. The molecule has 0 aliphatic rings. The van der Waals surface area contributed by atoms with Crippen molar-refractivity contribution in [2.75, 3.05) is 0 Å². The molecule has 0 saturated carbocycles. The lowest BCUT2D eigenvalue weighted by molar-refractivity contribution is 0.192. The van der Waals surface area contributed by atoms with E-state index in [1.807, 2.05) is 0 Å². The average molecular weight is 156 g/mol. The van der Waals surface area contributed by atoms with Crippen molar-refractivity contribution in [2.24, 2.45) is 0 Å². The van der Waals surface area contributed by atoms with Gasteiger partial charge >= 0.3 is 6.09 Å². The van der Waals surface area contributed by atoms with Crippen LogP contribution in [0.1, 0.15) is 11.5 Å². The molecule has 1 rings (SSSR count). The Morgan fingerprint density at radius 2 is 2.64 bits per heavy atom. The van der Waals surface area contributed by atoms with Crippen LogP contribution in [0.3, 0.4) is 0 Å². The first kappa shape index (κ1) is 7.59. The minimum atomic E-state index is -1.07. The molecule has 2 N–H and O–H groups in total. The highest BCUT2D eigenvalue weighted by molar-refractivity contribution is 5.64. The standard InChI is InChI=1S/C6H8N2O3/c1-4-2-5(11-8-4)3-7-6(9)10/h2,7H,3H2,1H3,(H,9,10). The lowest BCUT2D eigenvalue weighted by Crippen LogP contribution is -2.19. The van der Waals surface area contributed by atoms with E-state index >= 15 is 0 Å². The SMILES string of the molecule is Cc1cc(CNC(=O)O)on1. The Balaban J connectivity index is 2.45. The fourth-order valence-corrected chi connectivity index (χ4v) is 0.662. The molecule has 1 amide bonds. The topological polar surface area (TPSA) is 75.4 Å². The maximum absolute atomic E-state index is 10.0. The Morgan fingerprint density at radius 1 is 1.91 bits per heavy atom. The monoisotopic (exact) mass is 156 g/mol. The Bertz CT molecular complexity index is 256. The molecule has 5 nitrogen and oxygen atoms in total. The van der Waals surface area contributed by atoms with Crippen molar-refractivity contribution < 1.29 is 14.4 Å². The molecular weight excluding hydrogens is 148 g/mol. The van der Waals surface area contributed by atoms with Crippen molar-refractivity contribution in [3.05, 3.63) is 17.5 Å². The van der Waals surface area contributed by atoms with Gasteiger partial charge in [-0.1, -0.05) is 5.16 Å². The van der Waals surface area contributed by atoms with Crippen LogP contribution in [0.25, 0.3) is 0 Å². The minimum Gasteiger partial charge on any atom is -0.465 e. The van der Waals surface area contributed by atoms with E-state index in [0.717, 1.165) is 5.69 Å². The van der Waals surface area contributed by atoms with Crippen molar-refractivity contribution in [3.8, 4) is 0 Å². The maximum atomic E-state index is 10.0. The number of aryl methyl sites for hydroxylation is 1. The van der Waals surface area contributed by atoms with Gasteiger partial charge in [0.1, 0.15) is 0 Å². The summed E-state index contributed by atoms with van der Waals surface area (Å²) in [6.45, 7) is 1.93. The molecule has 1 aromatic rings. The Hall–Kier alpha value is -1.52. The zero-order valence-electron chi connectivity index (χ0n) is 6.00. The van der Waals surface area contributed by atoms with Gasteiger partial charge in [-0.05, 0) is 6.92 Å². The molecule has 0 saturated heterocycles. The predicted octanol–water partition coefficient (Wildman–Crippen LogP) is 0.751. The number of nitrogens with one attached hydrogen (secondary N) is 1. The van der Waals surface area contributed by atoms with Crippen LogP contribution in [0.2, 0.25) is 0 Å². The van der Waals surface area contributed by atoms with E-state index in [2.05, 4.69) is 10.5 Å². The third-order valence-electron chi connectivity index (χ3n) is 1.09. The highest BCUT2D eigenvalue weighted by atomic mass is 16.5. The summed E-state index contributed by atoms with van der Waals surface area (Å²) in [4.78, 5) is 10.0. The number of hydrogen-bond acceptors (Lipinski definition) is 3. The number of rotatable bonds is 2.